The predicted molar refractivity (Wildman–Crippen MR) is 82.9 cm³/mol. The van der Waals surface area contributed by atoms with Crippen molar-refractivity contribution in [3.8, 4) is 0 Å². The lowest BCUT2D eigenvalue weighted by molar-refractivity contribution is -0.115. The van der Waals surface area contributed by atoms with Gasteiger partial charge < -0.3 is 9.73 Å². The van der Waals surface area contributed by atoms with Gasteiger partial charge in [0.1, 0.15) is 16.3 Å². The minimum absolute atomic E-state index is 0.124. The van der Waals surface area contributed by atoms with E-state index in [1.807, 2.05) is 0 Å². The summed E-state index contributed by atoms with van der Waals surface area (Å²) in [7, 11) is 0. The minimum Gasteiger partial charge on any atom is -0.441 e. The number of anilines is 1. The summed E-state index contributed by atoms with van der Waals surface area (Å²) in [5, 5.41) is 3.50. The van der Waals surface area contributed by atoms with Crippen LogP contribution in [0.5, 0.6) is 0 Å². The van der Waals surface area contributed by atoms with Gasteiger partial charge in [-0.25, -0.2) is 9.37 Å². The maximum Gasteiger partial charge on any atom is 0.229 e. The number of carbonyl (C=O) groups is 1. The predicted octanol–water partition coefficient (Wildman–Crippen LogP) is 3.87. The van der Waals surface area contributed by atoms with Crippen molar-refractivity contribution < 1.29 is 13.6 Å². The van der Waals surface area contributed by atoms with Gasteiger partial charge in [0.2, 0.25) is 5.91 Å². The highest BCUT2D eigenvalue weighted by molar-refractivity contribution is 7.11. The zero-order valence-corrected chi connectivity index (χ0v) is 13.3. The van der Waals surface area contributed by atoms with Gasteiger partial charge >= 0.3 is 0 Å². The number of hydrogen-bond donors (Lipinski definition) is 1. The Hall–Kier alpha value is -1.99. The lowest BCUT2D eigenvalue weighted by Crippen LogP contribution is -2.14. The summed E-state index contributed by atoms with van der Waals surface area (Å²) in [4.78, 5) is 16.2. The van der Waals surface area contributed by atoms with Crippen molar-refractivity contribution in [1.82, 2.24) is 9.36 Å². The Balaban J connectivity index is 1.81. The quantitative estimate of drug-likeness (QED) is 0.786. The molecule has 1 aromatic carbocycles. The summed E-state index contributed by atoms with van der Waals surface area (Å²) in [6.07, 6.45) is -0.124. The number of carbonyl (C=O) groups excluding carboxylic acids is 1. The molecule has 0 aliphatic carbocycles. The van der Waals surface area contributed by atoms with Gasteiger partial charge in [-0.3, -0.25) is 4.79 Å². The highest BCUT2D eigenvalue weighted by Crippen LogP contribution is 2.29. The van der Waals surface area contributed by atoms with Crippen LogP contribution in [-0.4, -0.2) is 15.3 Å². The Bertz CT molecular complexity index is 874. The average molecular weight is 340 g/mol. The summed E-state index contributed by atoms with van der Waals surface area (Å²) in [5.41, 5.74) is 1.77. The Morgan fingerprint density at radius 3 is 2.91 bits per heavy atom. The number of oxazole rings is 1. The second-order valence-electron chi connectivity index (χ2n) is 4.78. The first-order valence-electron chi connectivity index (χ1n) is 6.41. The van der Waals surface area contributed by atoms with Crippen LogP contribution >= 0.6 is 23.1 Å². The molecule has 3 rings (SSSR count). The SMILES string of the molecule is Cc1nc2cc(CC(=O)Nc3snc(C)c3Cl)c(F)cc2o1. The molecular weight excluding hydrogens is 329 g/mol. The molecule has 22 heavy (non-hydrogen) atoms. The molecule has 0 aliphatic rings. The molecule has 0 spiro atoms. The van der Waals surface area contributed by atoms with Crippen LogP contribution in [0.2, 0.25) is 5.02 Å². The van der Waals surface area contributed by atoms with Crippen LogP contribution in [-0.2, 0) is 11.2 Å². The van der Waals surface area contributed by atoms with E-state index in [0.717, 1.165) is 11.5 Å². The lowest BCUT2D eigenvalue weighted by atomic mass is 10.1. The molecule has 0 saturated carbocycles. The van der Waals surface area contributed by atoms with Gasteiger partial charge in [0.15, 0.2) is 11.5 Å². The molecule has 5 nitrogen and oxygen atoms in total. The van der Waals surface area contributed by atoms with Gasteiger partial charge in [-0.2, -0.15) is 4.37 Å². The number of nitrogens with one attached hydrogen (secondary N) is 1. The maximum atomic E-state index is 14.0. The number of rotatable bonds is 3. The Kier molecular flexibility index (Phi) is 3.84. The number of benzene rings is 1. The highest BCUT2D eigenvalue weighted by Gasteiger charge is 2.15. The smallest absolute Gasteiger partial charge is 0.229 e. The van der Waals surface area contributed by atoms with Crippen LogP contribution in [0.4, 0.5) is 9.39 Å². The summed E-state index contributed by atoms with van der Waals surface area (Å²) >= 11 is 7.09. The number of aryl methyl sites for hydroxylation is 2. The Morgan fingerprint density at radius 1 is 1.45 bits per heavy atom. The van der Waals surface area contributed by atoms with Crippen molar-refractivity contribution in [3.05, 3.63) is 40.1 Å². The molecule has 0 fully saturated rings. The molecule has 0 radical (unpaired) electrons. The molecule has 0 atom stereocenters. The third-order valence-electron chi connectivity index (χ3n) is 3.06. The molecule has 0 saturated heterocycles. The summed E-state index contributed by atoms with van der Waals surface area (Å²) in [6, 6.07) is 2.75. The number of fused-ring (bicyclic) bond motifs is 1. The van der Waals surface area contributed by atoms with Gasteiger partial charge in [-0.1, -0.05) is 11.6 Å². The van der Waals surface area contributed by atoms with Crippen LogP contribution in [0.3, 0.4) is 0 Å². The summed E-state index contributed by atoms with van der Waals surface area (Å²) in [6.45, 7) is 3.42. The number of hydrogen-bond acceptors (Lipinski definition) is 5. The van der Waals surface area contributed by atoms with Gasteiger partial charge in [-0.05, 0) is 30.1 Å². The largest absolute Gasteiger partial charge is 0.441 e. The normalized spacial score (nSPS) is 11.1. The minimum atomic E-state index is -0.509. The molecule has 0 bridgehead atoms. The average Bonchev–Trinajstić information content (AvgIpc) is 2.95. The third kappa shape index (κ3) is 2.82. The van der Waals surface area contributed by atoms with Gasteiger partial charge in [0.25, 0.3) is 0 Å². The number of aromatic nitrogens is 2. The molecule has 1 amide bonds. The van der Waals surface area contributed by atoms with Crippen molar-refractivity contribution in [2.75, 3.05) is 5.32 Å². The fourth-order valence-electron chi connectivity index (χ4n) is 2.02. The lowest BCUT2D eigenvalue weighted by Gasteiger charge is -2.04. The highest BCUT2D eigenvalue weighted by atomic mass is 35.5. The Labute approximate surface area is 134 Å². The molecule has 114 valence electrons. The number of amides is 1. The zero-order valence-electron chi connectivity index (χ0n) is 11.7. The van der Waals surface area contributed by atoms with E-state index in [0.29, 0.717) is 32.7 Å². The van der Waals surface area contributed by atoms with E-state index in [1.165, 1.54) is 12.1 Å². The van der Waals surface area contributed by atoms with E-state index >= 15 is 0 Å². The van der Waals surface area contributed by atoms with Crippen molar-refractivity contribution in [3.63, 3.8) is 0 Å². The zero-order chi connectivity index (χ0) is 15.9. The second kappa shape index (κ2) is 5.66. The first kappa shape index (κ1) is 14.9. The van der Waals surface area contributed by atoms with Crippen LogP contribution in [0.15, 0.2) is 16.5 Å². The molecule has 2 heterocycles. The van der Waals surface area contributed by atoms with Crippen LogP contribution in [0, 0.1) is 19.7 Å². The fraction of sp³-hybridized carbons (Fsp3) is 0.214. The first-order valence-corrected chi connectivity index (χ1v) is 7.56. The summed E-state index contributed by atoms with van der Waals surface area (Å²) in [5.74, 6) is -0.433. The molecular formula is C14H11ClFN3O2S. The topological polar surface area (TPSA) is 68.0 Å². The van der Waals surface area contributed by atoms with Crippen LogP contribution in [0.25, 0.3) is 11.1 Å². The van der Waals surface area contributed by atoms with Crippen molar-refractivity contribution >= 4 is 45.1 Å². The van der Waals surface area contributed by atoms with Crippen molar-refractivity contribution in [2.45, 2.75) is 20.3 Å². The molecule has 0 aliphatic heterocycles. The standard InChI is InChI=1S/C14H11ClFN3O2S/c1-6-13(15)14(22-19-6)18-12(20)4-8-3-10-11(5-9(8)16)21-7(2)17-10/h3,5H,4H2,1-2H3,(H,18,20). The molecule has 8 heteroatoms. The van der Waals surface area contributed by atoms with Gasteiger partial charge in [0, 0.05) is 13.0 Å². The van der Waals surface area contributed by atoms with Crippen molar-refractivity contribution in [2.24, 2.45) is 0 Å². The van der Waals surface area contributed by atoms with E-state index < -0.39 is 5.82 Å². The van der Waals surface area contributed by atoms with Crippen molar-refractivity contribution in [1.29, 1.82) is 0 Å². The summed E-state index contributed by atoms with van der Waals surface area (Å²) < 4.78 is 23.3. The molecule has 0 unspecified atom stereocenters. The molecule has 3 aromatic rings. The van der Waals surface area contributed by atoms with E-state index in [1.54, 1.807) is 13.8 Å². The number of halogens is 2. The monoisotopic (exact) mass is 339 g/mol. The molecule has 2 aromatic heterocycles. The van der Waals surface area contributed by atoms with E-state index in [9.17, 15) is 9.18 Å². The molecule has 1 N–H and O–H groups in total. The maximum absolute atomic E-state index is 14.0. The van der Waals surface area contributed by atoms with E-state index in [-0.39, 0.29) is 17.9 Å². The fourth-order valence-corrected chi connectivity index (χ4v) is 2.97. The van der Waals surface area contributed by atoms with E-state index in [4.69, 9.17) is 16.0 Å². The van der Waals surface area contributed by atoms with Crippen LogP contribution in [0.1, 0.15) is 17.1 Å². The van der Waals surface area contributed by atoms with Gasteiger partial charge in [-0.15, -0.1) is 0 Å². The van der Waals surface area contributed by atoms with Gasteiger partial charge in [0.05, 0.1) is 17.1 Å². The first-order chi connectivity index (χ1) is 10.4. The third-order valence-corrected chi connectivity index (χ3v) is 4.49. The van der Waals surface area contributed by atoms with E-state index in [2.05, 4.69) is 14.7 Å². The second-order valence-corrected chi connectivity index (χ2v) is 5.93. The van der Waals surface area contributed by atoms with Crippen LogP contribution < -0.4 is 5.32 Å². The number of nitrogens with zero attached hydrogens (tertiary/aromatic N) is 2. The Morgan fingerprint density at radius 2 is 2.23 bits per heavy atom.